The summed E-state index contributed by atoms with van der Waals surface area (Å²) < 4.78 is 5.43. The molecule has 2 rings (SSSR count). The van der Waals surface area contributed by atoms with E-state index < -0.39 is 5.60 Å². The number of piperidine rings is 1. The van der Waals surface area contributed by atoms with Gasteiger partial charge in [0.25, 0.3) is 0 Å². The molecule has 0 bridgehead atoms. The third-order valence-electron chi connectivity index (χ3n) is 5.04. The maximum atomic E-state index is 12.1. The van der Waals surface area contributed by atoms with E-state index in [2.05, 4.69) is 21.7 Å². The summed E-state index contributed by atoms with van der Waals surface area (Å²) in [6.45, 7) is 15.1. The molecule has 2 aliphatic rings. The van der Waals surface area contributed by atoms with Gasteiger partial charge in [-0.15, -0.1) is 0 Å². The van der Waals surface area contributed by atoms with Gasteiger partial charge >= 0.3 is 6.09 Å². The number of ether oxygens (including phenoxy) is 1. The normalized spacial score (nSPS) is 21.2. The molecule has 1 amide bonds. The van der Waals surface area contributed by atoms with Crippen LogP contribution in [0.25, 0.3) is 0 Å². The molecule has 0 saturated carbocycles. The highest BCUT2D eigenvalue weighted by atomic mass is 16.6. The number of amides is 1. The number of nitrogens with zero attached hydrogens (tertiary/aromatic N) is 4. The van der Waals surface area contributed by atoms with Gasteiger partial charge in [0, 0.05) is 52.4 Å². The van der Waals surface area contributed by atoms with Crippen LogP contribution in [0, 0.1) is 5.92 Å². The molecule has 0 aromatic carbocycles. The fraction of sp³-hybridized carbons (Fsp3) is 0.895. The first kappa shape index (κ1) is 20.8. The van der Waals surface area contributed by atoms with Crippen molar-refractivity contribution in [2.75, 3.05) is 52.4 Å². The van der Waals surface area contributed by atoms with Crippen LogP contribution in [-0.2, 0) is 4.74 Å². The van der Waals surface area contributed by atoms with Crippen LogP contribution < -0.4 is 5.73 Å². The summed E-state index contributed by atoms with van der Waals surface area (Å²) in [5.41, 5.74) is 5.69. The van der Waals surface area contributed by atoms with E-state index in [0.717, 1.165) is 64.7 Å². The van der Waals surface area contributed by atoms with E-state index in [9.17, 15) is 4.79 Å². The lowest BCUT2D eigenvalue weighted by Gasteiger charge is -2.35. The number of likely N-dealkylation sites (tertiary alicyclic amines) is 1. The van der Waals surface area contributed by atoms with Crippen molar-refractivity contribution < 1.29 is 9.53 Å². The average molecular weight is 368 g/mol. The molecule has 0 spiro atoms. The molecular formula is C19H37N5O2. The third-order valence-corrected chi connectivity index (χ3v) is 5.04. The van der Waals surface area contributed by atoms with Gasteiger partial charge in [-0.3, -0.25) is 9.89 Å². The standard InChI is InChI=1S/C19H37N5O2/c1-16-6-10-23(11-7-16)17(20)21-8-5-9-22-12-14-24(15-13-22)18(25)26-19(2,3)4/h16H,5-15H2,1-4H3,(H2,20,21). The maximum Gasteiger partial charge on any atom is 0.410 e. The Morgan fingerprint density at radius 2 is 1.69 bits per heavy atom. The van der Waals surface area contributed by atoms with Crippen molar-refractivity contribution in [1.29, 1.82) is 0 Å². The first-order valence-electron chi connectivity index (χ1n) is 10.00. The van der Waals surface area contributed by atoms with E-state index in [4.69, 9.17) is 10.5 Å². The first-order chi connectivity index (χ1) is 12.2. The van der Waals surface area contributed by atoms with E-state index >= 15 is 0 Å². The molecular weight excluding hydrogens is 330 g/mol. The third kappa shape index (κ3) is 7.02. The largest absolute Gasteiger partial charge is 0.444 e. The average Bonchev–Trinajstić information content (AvgIpc) is 2.58. The number of hydrogen-bond donors (Lipinski definition) is 1. The number of carbonyl (C=O) groups is 1. The summed E-state index contributed by atoms with van der Waals surface area (Å²) in [6, 6.07) is 0. The highest BCUT2D eigenvalue weighted by Gasteiger charge is 2.25. The summed E-state index contributed by atoms with van der Waals surface area (Å²) >= 11 is 0. The van der Waals surface area contributed by atoms with Gasteiger partial charge in [-0.1, -0.05) is 6.92 Å². The molecule has 26 heavy (non-hydrogen) atoms. The molecule has 2 N–H and O–H groups in total. The monoisotopic (exact) mass is 367 g/mol. The van der Waals surface area contributed by atoms with Crippen LogP contribution in [0.3, 0.4) is 0 Å². The lowest BCUT2D eigenvalue weighted by Crippen LogP contribution is -2.50. The fourth-order valence-electron chi connectivity index (χ4n) is 3.31. The van der Waals surface area contributed by atoms with Crippen molar-refractivity contribution in [1.82, 2.24) is 14.7 Å². The van der Waals surface area contributed by atoms with E-state index in [-0.39, 0.29) is 6.09 Å². The molecule has 0 unspecified atom stereocenters. The Balaban J connectivity index is 1.61. The van der Waals surface area contributed by atoms with Crippen molar-refractivity contribution in [2.45, 2.75) is 52.6 Å². The highest BCUT2D eigenvalue weighted by molar-refractivity contribution is 5.78. The second-order valence-corrected chi connectivity index (χ2v) is 8.57. The number of nitrogens with two attached hydrogens (primary N) is 1. The molecule has 0 atom stereocenters. The Kier molecular flexibility index (Phi) is 7.55. The minimum Gasteiger partial charge on any atom is -0.444 e. The second kappa shape index (κ2) is 9.44. The van der Waals surface area contributed by atoms with Crippen LogP contribution in [0.5, 0.6) is 0 Å². The topological polar surface area (TPSA) is 74.4 Å². The number of carbonyl (C=O) groups excluding carboxylic acids is 1. The number of piperazine rings is 1. The Hall–Kier alpha value is -1.50. The lowest BCUT2D eigenvalue weighted by molar-refractivity contribution is 0.0145. The van der Waals surface area contributed by atoms with Crippen molar-refractivity contribution in [3.63, 3.8) is 0 Å². The Morgan fingerprint density at radius 1 is 1.08 bits per heavy atom. The van der Waals surface area contributed by atoms with Crippen molar-refractivity contribution in [2.24, 2.45) is 16.6 Å². The minimum atomic E-state index is -0.432. The molecule has 150 valence electrons. The van der Waals surface area contributed by atoms with Crippen molar-refractivity contribution in [3.05, 3.63) is 0 Å². The van der Waals surface area contributed by atoms with Gasteiger partial charge in [0.15, 0.2) is 5.96 Å². The number of guanidine groups is 1. The lowest BCUT2D eigenvalue weighted by atomic mass is 10.00. The predicted molar refractivity (Wildman–Crippen MR) is 105 cm³/mol. The van der Waals surface area contributed by atoms with Crippen LogP contribution in [0.2, 0.25) is 0 Å². The molecule has 0 aliphatic carbocycles. The molecule has 2 fully saturated rings. The van der Waals surface area contributed by atoms with Crippen molar-refractivity contribution >= 4 is 12.1 Å². The van der Waals surface area contributed by atoms with E-state index in [1.54, 1.807) is 4.90 Å². The van der Waals surface area contributed by atoms with Gasteiger partial charge in [-0.05, 0) is 46.0 Å². The molecule has 0 aromatic rings. The predicted octanol–water partition coefficient (Wildman–Crippen LogP) is 1.98. The summed E-state index contributed by atoms with van der Waals surface area (Å²) in [7, 11) is 0. The van der Waals surface area contributed by atoms with Crippen LogP contribution in [-0.4, -0.2) is 84.7 Å². The molecule has 2 aliphatic heterocycles. The van der Waals surface area contributed by atoms with Gasteiger partial charge in [-0.2, -0.15) is 0 Å². The zero-order chi connectivity index (χ0) is 19.2. The minimum absolute atomic E-state index is 0.203. The quantitative estimate of drug-likeness (QED) is 0.467. The van der Waals surface area contributed by atoms with E-state index in [1.165, 1.54) is 12.8 Å². The van der Waals surface area contributed by atoms with Crippen LogP contribution >= 0.6 is 0 Å². The van der Waals surface area contributed by atoms with Crippen LogP contribution in [0.4, 0.5) is 4.79 Å². The Morgan fingerprint density at radius 3 is 2.27 bits per heavy atom. The number of rotatable bonds is 4. The van der Waals surface area contributed by atoms with Crippen LogP contribution in [0.1, 0.15) is 47.0 Å². The molecule has 0 radical (unpaired) electrons. The van der Waals surface area contributed by atoms with Gasteiger partial charge in [-0.25, -0.2) is 4.79 Å². The molecule has 0 aromatic heterocycles. The molecule has 2 saturated heterocycles. The van der Waals surface area contributed by atoms with Crippen LogP contribution in [0.15, 0.2) is 4.99 Å². The maximum absolute atomic E-state index is 12.1. The fourth-order valence-corrected chi connectivity index (χ4v) is 3.31. The van der Waals surface area contributed by atoms with Gasteiger partial charge in [0.05, 0.1) is 0 Å². The SMILES string of the molecule is CC1CCN(C(N)=NCCCN2CCN(C(=O)OC(C)(C)C)CC2)CC1. The van der Waals surface area contributed by atoms with E-state index in [1.807, 2.05) is 20.8 Å². The molecule has 2 heterocycles. The molecule has 7 heteroatoms. The highest BCUT2D eigenvalue weighted by Crippen LogP contribution is 2.15. The summed E-state index contributed by atoms with van der Waals surface area (Å²) in [6.07, 6.45) is 3.21. The summed E-state index contributed by atoms with van der Waals surface area (Å²) in [5, 5.41) is 0. The van der Waals surface area contributed by atoms with Gasteiger partial charge < -0.3 is 20.3 Å². The number of hydrogen-bond acceptors (Lipinski definition) is 4. The Labute approximate surface area is 158 Å². The Bertz CT molecular complexity index is 473. The number of aliphatic imine (C=N–C) groups is 1. The summed E-state index contributed by atoms with van der Waals surface area (Å²) in [4.78, 5) is 23.0. The first-order valence-corrected chi connectivity index (χ1v) is 10.00. The van der Waals surface area contributed by atoms with E-state index in [0.29, 0.717) is 5.96 Å². The zero-order valence-corrected chi connectivity index (χ0v) is 17.0. The zero-order valence-electron chi connectivity index (χ0n) is 17.0. The smallest absolute Gasteiger partial charge is 0.410 e. The van der Waals surface area contributed by atoms with Gasteiger partial charge in [0.1, 0.15) is 5.60 Å². The van der Waals surface area contributed by atoms with Crippen molar-refractivity contribution in [3.8, 4) is 0 Å². The summed E-state index contributed by atoms with van der Waals surface area (Å²) in [5.74, 6) is 1.50. The van der Waals surface area contributed by atoms with Gasteiger partial charge in [0.2, 0.25) is 0 Å². The second-order valence-electron chi connectivity index (χ2n) is 8.57. The molecule has 7 nitrogen and oxygen atoms in total.